The number of carbonyl (C=O) groups is 1. The van der Waals surface area contributed by atoms with Gasteiger partial charge in [-0.2, -0.15) is 0 Å². The van der Waals surface area contributed by atoms with Crippen LogP contribution in [0.5, 0.6) is 0 Å². The molecule has 1 aromatic carbocycles. The Morgan fingerprint density at radius 3 is 2.87 bits per heavy atom. The van der Waals surface area contributed by atoms with Crippen molar-refractivity contribution in [1.29, 1.82) is 0 Å². The van der Waals surface area contributed by atoms with Gasteiger partial charge < -0.3 is 11.1 Å². The molecule has 0 aliphatic heterocycles. The summed E-state index contributed by atoms with van der Waals surface area (Å²) in [5.74, 6) is 1.07. The fraction of sp³-hybridized carbons (Fsp3) is 0.438. The molecule has 7 heteroatoms. The zero-order chi connectivity index (χ0) is 16.4. The number of nitrogens with two attached hydrogens (primary N) is 1. The molecule has 1 unspecified atom stereocenters. The van der Waals surface area contributed by atoms with Crippen LogP contribution in [0.3, 0.4) is 0 Å². The molecule has 1 atom stereocenters. The first-order valence-corrected chi connectivity index (χ1v) is 8.22. The number of nitrogens with zero attached hydrogens (tertiary/aromatic N) is 3. The van der Waals surface area contributed by atoms with E-state index < -0.39 is 0 Å². The molecule has 1 aliphatic rings. The average Bonchev–Trinajstić information content (AvgIpc) is 3.32. The maximum Gasteiger partial charge on any atom is 0.291 e. The minimum absolute atomic E-state index is 0.00949. The van der Waals surface area contributed by atoms with Crippen LogP contribution in [0.25, 0.3) is 5.69 Å². The second-order valence-corrected chi connectivity index (χ2v) is 6.19. The van der Waals surface area contributed by atoms with Crippen molar-refractivity contribution < 1.29 is 4.79 Å². The number of hydrogen-bond acceptors (Lipinski definition) is 4. The highest BCUT2D eigenvalue weighted by atomic mass is 35.5. The standard InChI is InChI=1S/C16H20ClN5O/c1-2-14-20-15(16(23)19-9-12(18)10-7-8-10)21-22(14)13-6-4-3-5-11(13)17/h3-6,10,12H,2,7-9,18H2,1H3,(H,19,23). The lowest BCUT2D eigenvalue weighted by atomic mass is 10.2. The number of rotatable bonds is 6. The first-order chi connectivity index (χ1) is 11.1. The van der Waals surface area contributed by atoms with Crippen LogP contribution in [0.2, 0.25) is 5.02 Å². The summed E-state index contributed by atoms with van der Waals surface area (Å²) in [4.78, 5) is 16.6. The van der Waals surface area contributed by atoms with Crippen molar-refractivity contribution in [2.45, 2.75) is 32.2 Å². The monoisotopic (exact) mass is 333 g/mol. The summed E-state index contributed by atoms with van der Waals surface area (Å²) in [6.07, 6.45) is 2.94. The fourth-order valence-corrected chi connectivity index (χ4v) is 2.68. The van der Waals surface area contributed by atoms with Crippen molar-refractivity contribution in [2.75, 3.05) is 6.54 Å². The molecule has 0 radical (unpaired) electrons. The van der Waals surface area contributed by atoms with Crippen LogP contribution in [0.15, 0.2) is 24.3 Å². The Labute approximate surface area is 140 Å². The summed E-state index contributed by atoms with van der Waals surface area (Å²) in [5, 5.41) is 7.70. The zero-order valence-corrected chi connectivity index (χ0v) is 13.8. The van der Waals surface area contributed by atoms with E-state index >= 15 is 0 Å². The second-order valence-electron chi connectivity index (χ2n) is 5.78. The Morgan fingerprint density at radius 1 is 1.48 bits per heavy atom. The van der Waals surface area contributed by atoms with Crippen LogP contribution in [-0.4, -0.2) is 33.3 Å². The summed E-state index contributed by atoms with van der Waals surface area (Å²) in [5.41, 5.74) is 6.71. The smallest absolute Gasteiger partial charge is 0.291 e. The molecule has 1 fully saturated rings. The van der Waals surface area contributed by atoms with Gasteiger partial charge in [0.25, 0.3) is 5.91 Å². The van der Waals surface area contributed by atoms with Gasteiger partial charge in [-0.15, -0.1) is 5.10 Å². The number of aryl methyl sites for hydroxylation is 1. The van der Waals surface area contributed by atoms with Crippen LogP contribution in [0, 0.1) is 5.92 Å². The van der Waals surface area contributed by atoms with Crippen LogP contribution >= 0.6 is 11.6 Å². The minimum Gasteiger partial charge on any atom is -0.348 e. The van der Waals surface area contributed by atoms with Gasteiger partial charge in [0.1, 0.15) is 5.82 Å². The highest BCUT2D eigenvalue weighted by Crippen LogP contribution is 2.31. The van der Waals surface area contributed by atoms with Gasteiger partial charge in [-0.05, 0) is 30.9 Å². The Hall–Kier alpha value is -1.92. The van der Waals surface area contributed by atoms with E-state index in [9.17, 15) is 4.79 Å². The number of carbonyl (C=O) groups excluding carboxylic acids is 1. The Kier molecular flexibility index (Phi) is 4.63. The van der Waals surface area contributed by atoms with E-state index in [1.54, 1.807) is 10.7 Å². The van der Waals surface area contributed by atoms with Gasteiger partial charge in [0.2, 0.25) is 5.82 Å². The molecule has 1 saturated carbocycles. The summed E-state index contributed by atoms with van der Waals surface area (Å²) in [6, 6.07) is 7.36. The van der Waals surface area contributed by atoms with Gasteiger partial charge in [0, 0.05) is 19.0 Å². The van der Waals surface area contributed by atoms with Crippen molar-refractivity contribution in [3.63, 3.8) is 0 Å². The summed E-state index contributed by atoms with van der Waals surface area (Å²) in [6.45, 7) is 2.41. The SMILES string of the molecule is CCc1nc(C(=O)NCC(N)C2CC2)nn1-c1ccccc1Cl. The molecule has 3 N–H and O–H groups in total. The maximum absolute atomic E-state index is 12.3. The molecule has 1 aromatic heterocycles. The number of hydrogen-bond donors (Lipinski definition) is 2. The number of para-hydroxylation sites is 1. The zero-order valence-electron chi connectivity index (χ0n) is 13.0. The third kappa shape index (κ3) is 3.54. The highest BCUT2D eigenvalue weighted by Gasteiger charge is 2.29. The van der Waals surface area contributed by atoms with E-state index in [0.29, 0.717) is 35.4 Å². The summed E-state index contributed by atoms with van der Waals surface area (Å²) < 4.78 is 1.62. The number of benzene rings is 1. The lowest BCUT2D eigenvalue weighted by molar-refractivity contribution is 0.0940. The highest BCUT2D eigenvalue weighted by molar-refractivity contribution is 6.32. The number of amides is 1. The van der Waals surface area contributed by atoms with Crippen LogP contribution in [0.1, 0.15) is 36.2 Å². The molecule has 6 nitrogen and oxygen atoms in total. The average molecular weight is 334 g/mol. The van der Waals surface area contributed by atoms with E-state index in [0.717, 1.165) is 12.8 Å². The lowest BCUT2D eigenvalue weighted by Crippen LogP contribution is -2.38. The number of nitrogens with one attached hydrogen (secondary N) is 1. The van der Waals surface area contributed by atoms with Gasteiger partial charge in [-0.3, -0.25) is 4.79 Å². The number of aromatic nitrogens is 3. The van der Waals surface area contributed by atoms with Gasteiger partial charge in [-0.25, -0.2) is 9.67 Å². The van der Waals surface area contributed by atoms with Gasteiger partial charge in [-0.1, -0.05) is 30.7 Å². The number of halogens is 1. The summed E-state index contributed by atoms with van der Waals surface area (Å²) >= 11 is 6.22. The largest absolute Gasteiger partial charge is 0.348 e. The first-order valence-electron chi connectivity index (χ1n) is 7.84. The molecule has 0 saturated heterocycles. The maximum atomic E-state index is 12.3. The van der Waals surface area contributed by atoms with Crippen molar-refractivity contribution >= 4 is 17.5 Å². The molecular formula is C16H20ClN5O. The second kappa shape index (κ2) is 6.68. The summed E-state index contributed by atoms with van der Waals surface area (Å²) in [7, 11) is 0. The van der Waals surface area contributed by atoms with Crippen LogP contribution in [0.4, 0.5) is 0 Å². The molecule has 0 spiro atoms. The van der Waals surface area contributed by atoms with Gasteiger partial charge in [0.05, 0.1) is 10.7 Å². The van der Waals surface area contributed by atoms with E-state index in [4.69, 9.17) is 17.3 Å². The molecule has 1 amide bonds. The molecule has 1 aliphatic carbocycles. The molecule has 23 heavy (non-hydrogen) atoms. The van der Waals surface area contributed by atoms with Gasteiger partial charge >= 0.3 is 0 Å². The van der Waals surface area contributed by atoms with Crippen molar-refractivity contribution in [2.24, 2.45) is 11.7 Å². The van der Waals surface area contributed by atoms with Crippen molar-refractivity contribution in [3.05, 3.63) is 40.9 Å². The lowest BCUT2D eigenvalue weighted by Gasteiger charge is -2.09. The van der Waals surface area contributed by atoms with E-state index in [1.807, 2.05) is 25.1 Å². The third-order valence-corrected chi connectivity index (χ3v) is 4.32. The van der Waals surface area contributed by atoms with Crippen molar-refractivity contribution in [3.8, 4) is 5.69 Å². The van der Waals surface area contributed by atoms with Crippen molar-refractivity contribution in [1.82, 2.24) is 20.1 Å². The predicted octanol–water partition coefficient (Wildman–Crippen LogP) is 1.95. The quantitative estimate of drug-likeness (QED) is 0.846. The first kappa shape index (κ1) is 16.0. The van der Waals surface area contributed by atoms with Gasteiger partial charge in [0.15, 0.2) is 0 Å². The third-order valence-electron chi connectivity index (χ3n) is 4.00. The predicted molar refractivity (Wildman–Crippen MR) is 88.8 cm³/mol. The van der Waals surface area contributed by atoms with E-state index in [1.165, 1.54) is 0 Å². The molecule has 2 aromatic rings. The molecule has 1 heterocycles. The molecule has 0 bridgehead atoms. The topological polar surface area (TPSA) is 85.8 Å². The molecule has 3 rings (SSSR count). The normalized spacial score (nSPS) is 15.4. The van der Waals surface area contributed by atoms with Crippen LogP contribution in [-0.2, 0) is 6.42 Å². The molecule has 122 valence electrons. The van der Waals surface area contributed by atoms with E-state index in [-0.39, 0.29) is 17.8 Å². The van der Waals surface area contributed by atoms with Crippen LogP contribution < -0.4 is 11.1 Å². The molecular weight excluding hydrogens is 314 g/mol. The van der Waals surface area contributed by atoms with E-state index in [2.05, 4.69) is 15.4 Å². The Balaban J connectivity index is 1.78. The minimum atomic E-state index is -0.304. The Bertz CT molecular complexity index is 710. The fourth-order valence-electron chi connectivity index (χ4n) is 2.47. The Morgan fingerprint density at radius 2 is 2.22 bits per heavy atom.